The molecule has 1 aromatic carbocycles. The van der Waals surface area contributed by atoms with Crippen LogP contribution in [0, 0.1) is 13.8 Å². The Labute approximate surface area is 176 Å². The Hall–Kier alpha value is -3.04. The number of aryl methyl sites for hydroxylation is 2. The van der Waals surface area contributed by atoms with Crippen LogP contribution in [0.15, 0.2) is 59.5 Å². The third kappa shape index (κ3) is 4.42. The van der Waals surface area contributed by atoms with Crippen LogP contribution in [0.5, 0.6) is 0 Å². The van der Waals surface area contributed by atoms with Crippen molar-refractivity contribution in [1.29, 1.82) is 0 Å². The van der Waals surface area contributed by atoms with Gasteiger partial charge < -0.3 is 10.2 Å². The van der Waals surface area contributed by atoms with Crippen LogP contribution >= 0.6 is 0 Å². The maximum atomic E-state index is 12.8. The van der Waals surface area contributed by atoms with Crippen LogP contribution in [0.1, 0.15) is 11.3 Å². The van der Waals surface area contributed by atoms with Gasteiger partial charge in [0, 0.05) is 31.9 Å². The lowest BCUT2D eigenvalue weighted by Gasteiger charge is -2.34. The summed E-state index contributed by atoms with van der Waals surface area (Å²) in [6.07, 6.45) is 0. The molecule has 30 heavy (non-hydrogen) atoms. The Morgan fingerprint density at radius 2 is 1.57 bits per heavy atom. The maximum absolute atomic E-state index is 12.8. The molecule has 156 valence electrons. The molecule has 1 fully saturated rings. The van der Waals surface area contributed by atoms with E-state index in [1.807, 2.05) is 61.2 Å². The van der Waals surface area contributed by atoms with Gasteiger partial charge in [0.2, 0.25) is 10.0 Å². The van der Waals surface area contributed by atoms with Crippen molar-refractivity contribution in [2.75, 3.05) is 36.4 Å². The second-order valence-electron chi connectivity index (χ2n) is 7.27. The summed E-state index contributed by atoms with van der Waals surface area (Å²) >= 11 is 0. The Bertz CT molecular complexity index is 1110. The molecule has 0 spiro atoms. The molecule has 3 aromatic rings. The van der Waals surface area contributed by atoms with Crippen molar-refractivity contribution in [2.24, 2.45) is 0 Å². The van der Waals surface area contributed by atoms with Crippen LogP contribution in [0.25, 0.3) is 0 Å². The highest BCUT2D eigenvalue weighted by atomic mass is 32.2. The number of nitrogens with one attached hydrogen (secondary N) is 1. The van der Waals surface area contributed by atoms with Crippen LogP contribution in [0.2, 0.25) is 0 Å². The minimum atomic E-state index is -3.48. The summed E-state index contributed by atoms with van der Waals surface area (Å²) in [5, 5.41) is 11.7. The Kier molecular flexibility index (Phi) is 5.65. The van der Waals surface area contributed by atoms with E-state index in [1.165, 1.54) is 4.31 Å². The number of hydrogen-bond acceptors (Lipinski definition) is 7. The van der Waals surface area contributed by atoms with Gasteiger partial charge in [-0.25, -0.2) is 13.4 Å². The fourth-order valence-corrected chi connectivity index (χ4v) is 4.74. The summed E-state index contributed by atoms with van der Waals surface area (Å²) in [5.41, 5.74) is 1.96. The molecule has 0 amide bonds. The van der Waals surface area contributed by atoms with E-state index < -0.39 is 10.0 Å². The average Bonchev–Trinajstić information content (AvgIpc) is 2.75. The van der Waals surface area contributed by atoms with Gasteiger partial charge in [0.1, 0.15) is 5.82 Å². The van der Waals surface area contributed by atoms with Crippen LogP contribution in [0.3, 0.4) is 0 Å². The minimum absolute atomic E-state index is 0.335. The number of benzene rings is 1. The molecule has 0 bridgehead atoms. The second kappa shape index (κ2) is 8.37. The fourth-order valence-electron chi connectivity index (χ4n) is 3.32. The topological polar surface area (TPSA) is 91.3 Å². The molecular weight excluding hydrogens is 400 g/mol. The van der Waals surface area contributed by atoms with Crippen molar-refractivity contribution in [3.63, 3.8) is 0 Å². The second-order valence-corrected chi connectivity index (χ2v) is 9.21. The van der Waals surface area contributed by atoms with Gasteiger partial charge in [-0.3, -0.25) is 0 Å². The number of nitrogens with zero attached hydrogens (tertiary/aromatic N) is 5. The average molecular weight is 425 g/mol. The van der Waals surface area contributed by atoms with Gasteiger partial charge in [-0.2, -0.15) is 4.31 Å². The fraction of sp³-hybridized carbons (Fsp3) is 0.286. The Morgan fingerprint density at radius 3 is 2.20 bits per heavy atom. The van der Waals surface area contributed by atoms with Gasteiger partial charge in [-0.1, -0.05) is 23.8 Å². The van der Waals surface area contributed by atoms with Gasteiger partial charge in [-0.05, 0) is 50.2 Å². The smallest absolute Gasteiger partial charge is 0.243 e. The SMILES string of the molecule is Cc1ccc(S(=O)(=O)N2CCN(c3ccc(Nc4cccc(C)n4)nn3)CC2)cc1. The summed E-state index contributed by atoms with van der Waals surface area (Å²) in [6, 6.07) is 16.4. The van der Waals surface area contributed by atoms with E-state index >= 15 is 0 Å². The molecule has 0 saturated carbocycles. The van der Waals surface area contributed by atoms with Gasteiger partial charge in [-0.15, -0.1) is 10.2 Å². The van der Waals surface area contributed by atoms with E-state index in [-0.39, 0.29) is 0 Å². The first-order valence-corrected chi connectivity index (χ1v) is 11.2. The molecule has 0 aliphatic carbocycles. The summed E-state index contributed by atoms with van der Waals surface area (Å²) in [5.74, 6) is 2.05. The van der Waals surface area contributed by atoms with Crippen molar-refractivity contribution >= 4 is 27.5 Å². The third-order valence-electron chi connectivity index (χ3n) is 5.02. The van der Waals surface area contributed by atoms with Crippen LogP contribution < -0.4 is 10.2 Å². The lowest BCUT2D eigenvalue weighted by molar-refractivity contribution is 0.383. The first kappa shape index (κ1) is 20.2. The van der Waals surface area contributed by atoms with Crippen molar-refractivity contribution in [3.8, 4) is 0 Å². The highest BCUT2D eigenvalue weighted by molar-refractivity contribution is 7.89. The van der Waals surface area contributed by atoms with E-state index in [0.29, 0.717) is 42.7 Å². The first-order valence-electron chi connectivity index (χ1n) is 9.78. The van der Waals surface area contributed by atoms with Crippen molar-refractivity contribution in [2.45, 2.75) is 18.7 Å². The molecule has 4 rings (SSSR count). The largest absolute Gasteiger partial charge is 0.352 e. The summed E-state index contributed by atoms with van der Waals surface area (Å²) < 4.78 is 27.2. The molecule has 0 radical (unpaired) electrons. The molecule has 1 N–H and O–H groups in total. The molecule has 3 heterocycles. The van der Waals surface area contributed by atoms with Crippen LogP contribution in [-0.4, -0.2) is 54.1 Å². The number of anilines is 3. The molecule has 9 heteroatoms. The van der Waals surface area contributed by atoms with E-state index in [9.17, 15) is 8.42 Å². The zero-order chi connectivity index (χ0) is 21.1. The predicted octanol–water partition coefficient (Wildman–Crippen LogP) is 2.74. The highest BCUT2D eigenvalue weighted by Crippen LogP contribution is 2.21. The molecular formula is C21H24N6O2S. The van der Waals surface area contributed by atoms with Crippen molar-refractivity contribution < 1.29 is 8.42 Å². The van der Waals surface area contributed by atoms with E-state index in [0.717, 1.165) is 17.1 Å². The molecule has 2 aromatic heterocycles. The minimum Gasteiger partial charge on any atom is -0.352 e. The lowest BCUT2D eigenvalue weighted by Crippen LogP contribution is -2.49. The Morgan fingerprint density at radius 1 is 0.833 bits per heavy atom. The quantitative estimate of drug-likeness (QED) is 0.673. The zero-order valence-electron chi connectivity index (χ0n) is 17.0. The van der Waals surface area contributed by atoms with E-state index in [2.05, 4.69) is 20.5 Å². The lowest BCUT2D eigenvalue weighted by atomic mass is 10.2. The van der Waals surface area contributed by atoms with Crippen LogP contribution in [-0.2, 0) is 10.0 Å². The number of rotatable bonds is 5. The molecule has 0 atom stereocenters. The normalized spacial score (nSPS) is 15.2. The maximum Gasteiger partial charge on any atom is 0.243 e. The first-order chi connectivity index (χ1) is 14.4. The number of aromatic nitrogens is 3. The molecule has 0 unspecified atom stereocenters. The summed E-state index contributed by atoms with van der Waals surface area (Å²) in [7, 11) is -3.48. The third-order valence-corrected chi connectivity index (χ3v) is 6.93. The number of sulfonamides is 1. The Balaban J connectivity index is 1.38. The van der Waals surface area contributed by atoms with Gasteiger partial charge in [0.15, 0.2) is 11.6 Å². The van der Waals surface area contributed by atoms with Crippen molar-refractivity contribution in [3.05, 3.63) is 65.9 Å². The standard InChI is InChI=1S/C21H24N6O2S/c1-16-6-8-18(9-7-16)30(28,29)27-14-12-26(13-15-27)21-11-10-20(24-25-21)23-19-5-3-4-17(2)22-19/h3-11H,12-15H2,1-2H3,(H,22,23,24). The summed E-state index contributed by atoms with van der Waals surface area (Å²) in [6.45, 7) is 5.81. The molecule has 1 saturated heterocycles. The number of pyridine rings is 1. The molecule has 8 nitrogen and oxygen atoms in total. The monoisotopic (exact) mass is 424 g/mol. The number of hydrogen-bond donors (Lipinski definition) is 1. The van der Waals surface area contributed by atoms with Gasteiger partial charge in [0.05, 0.1) is 4.90 Å². The molecule has 1 aliphatic rings. The summed E-state index contributed by atoms with van der Waals surface area (Å²) in [4.78, 5) is 6.77. The van der Waals surface area contributed by atoms with Crippen LogP contribution in [0.4, 0.5) is 17.5 Å². The van der Waals surface area contributed by atoms with Crippen molar-refractivity contribution in [1.82, 2.24) is 19.5 Å². The molecule has 1 aliphatic heterocycles. The predicted molar refractivity (Wildman–Crippen MR) is 116 cm³/mol. The van der Waals surface area contributed by atoms with E-state index in [1.54, 1.807) is 12.1 Å². The van der Waals surface area contributed by atoms with E-state index in [4.69, 9.17) is 0 Å². The number of piperazine rings is 1. The zero-order valence-corrected chi connectivity index (χ0v) is 17.8. The van der Waals surface area contributed by atoms with Gasteiger partial charge in [0.25, 0.3) is 0 Å². The highest BCUT2D eigenvalue weighted by Gasteiger charge is 2.28. The van der Waals surface area contributed by atoms with Gasteiger partial charge >= 0.3 is 0 Å².